The molecule has 2 heterocycles. The lowest BCUT2D eigenvalue weighted by molar-refractivity contribution is 0.209. The number of ether oxygens (including phenoxy) is 1. The number of methoxy groups -OCH3 is 1. The van der Waals surface area contributed by atoms with E-state index in [1.807, 2.05) is 24.4 Å². The summed E-state index contributed by atoms with van der Waals surface area (Å²) in [6.07, 6.45) is 3.57. The molecule has 1 aliphatic heterocycles. The topological polar surface area (TPSA) is 51.4 Å². The molecule has 1 aliphatic rings. The van der Waals surface area contributed by atoms with Crippen LogP contribution in [0.3, 0.4) is 0 Å². The van der Waals surface area contributed by atoms with Gasteiger partial charge in [0.15, 0.2) is 0 Å². The fourth-order valence-electron chi connectivity index (χ4n) is 2.89. The fraction of sp³-hybridized carbons (Fsp3) is 0.312. The van der Waals surface area contributed by atoms with Gasteiger partial charge >= 0.3 is 0 Å². The molecule has 21 heavy (non-hydrogen) atoms. The minimum atomic E-state index is -0.225. The molecule has 4 nitrogen and oxygen atoms in total. The van der Waals surface area contributed by atoms with Gasteiger partial charge in [-0.2, -0.15) is 0 Å². The van der Waals surface area contributed by atoms with Gasteiger partial charge in [0, 0.05) is 49.7 Å². The Bertz CT molecular complexity index is 633. The van der Waals surface area contributed by atoms with Gasteiger partial charge in [0.05, 0.1) is 7.11 Å². The molecule has 1 unspecified atom stereocenters. The molecule has 0 aliphatic carbocycles. The summed E-state index contributed by atoms with van der Waals surface area (Å²) < 4.78 is 19.4. The Balaban J connectivity index is 1.91. The summed E-state index contributed by atoms with van der Waals surface area (Å²) in [6.45, 7) is 1.70. The van der Waals surface area contributed by atoms with Crippen LogP contribution in [0.25, 0.3) is 0 Å². The zero-order chi connectivity index (χ0) is 14.8. The standard InChI is InChI=1S/C16H18FN3O/c1-21-12-5-13-14(15(17)6-12)10-20(16(13)7-18)9-11-3-2-4-19-8-11/h2-6,8,16H,7,9-10,18H2,1H3. The number of halogens is 1. The Kier molecular flexibility index (Phi) is 3.86. The maximum atomic E-state index is 14.2. The molecule has 110 valence electrons. The highest BCUT2D eigenvalue weighted by molar-refractivity contribution is 5.42. The smallest absolute Gasteiger partial charge is 0.131 e. The van der Waals surface area contributed by atoms with Crippen LogP contribution in [0.2, 0.25) is 0 Å². The van der Waals surface area contributed by atoms with Crippen LogP contribution >= 0.6 is 0 Å². The molecule has 0 radical (unpaired) electrons. The van der Waals surface area contributed by atoms with Crippen LogP contribution in [-0.4, -0.2) is 23.5 Å². The van der Waals surface area contributed by atoms with Crippen molar-refractivity contribution in [1.82, 2.24) is 9.88 Å². The van der Waals surface area contributed by atoms with Crippen molar-refractivity contribution in [2.45, 2.75) is 19.1 Å². The molecule has 1 atom stereocenters. The summed E-state index contributed by atoms with van der Waals surface area (Å²) in [7, 11) is 1.54. The van der Waals surface area contributed by atoms with Crippen molar-refractivity contribution in [2.75, 3.05) is 13.7 Å². The molecule has 2 N–H and O–H groups in total. The van der Waals surface area contributed by atoms with E-state index in [1.165, 1.54) is 6.07 Å². The third-order valence-corrected chi connectivity index (χ3v) is 3.93. The van der Waals surface area contributed by atoms with Gasteiger partial charge in [0.1, 0.15) is 11.6 Å². The molecule has 5 heteroatoms. The summed E-state index contributed by atoms with van der Waals surface area (Å²) in [6, 6.07) is 7.24. The van der Waals surface area contributed by atoms with Crippen LogP contribution in [0.1, 0.15) is 22.7 Å². The number of fused-ring (bicyclic) bond motifs is 1. The van der Waals surface area contributed by atoms with Crippen molar-refractivity contribution in [3.63, 3.8) is 0 Å². The predicted molar refractivity (Wildman–Crippen MR) is 78.2 cm³/mol. The normalized spacial score (nSPS) is 17.8. The van der Waals surface area contributed by atoms with Crippen molar-refractivity contribution in [1.29, 1.82) is 0 Å². The van der Waals surface area contributed by atoms with Crippen LogP contribution < -0.4 is 10.5 Å². The molecular formula is C16H18FN3O. The number of hydrogen-bond acceptors (Lipinski definition) is 4. The molecule has 1 aromatic heterocycles. The molecular weight excluding hydrogens is 269 g/mol. The molecule has 0 saturated heterocycles. The Labute approximate surface area is 123 Å². The highest BCUT2D eigenvalue weighted by atomic mass is 19.1. The number of pyridine rings is 1. The van der Waals surface area contributed by atoms with Gasteiger partial charge in [-0.15, -0.1) is 0 Å². The van der Waals surface area contributed by atoms with Gasteiger partial charge < -0.3 is 10.5 Å². The largest absolute Gasteiger partial charge is 0.497 e. The lowest BCUT2D eigenvalue weighted by Gasteiger charge is -2.23. The molecule has 2 aromatic rings. The van der Waals surface area contributed by atoms with Crippen LogP contribution in [-0.2, 0) is 13.1 Å². The molecule has 0 spiro atoms. The first-order valence-corrected chi connectivity index (χ1v) is 6.92. The van der Waals surface area contributed by atoms with E-state index in [-0.39, 0.29) is 11.9 Å². The quantitative estimate of drug-likeness (QED) is 0.937. The van der Waals surface area contributed by atoms with Crippen molar-refractivity contribution in [3.05, 3.63) is 59.2 Å². The van der Waals surface area contributed by atoms with E-state index in [1.54, 1.807) is 13.3 Å². The van der Waals surface area contributed by atoms with Gasteiger partial charge in [-0.3, -0.25) is 9.88 Å². The van der Waals surface area contributed by atoms with Gasteiger partial charge in [-0.1, -0.05) is 6.07 Å². The van der Waals surface area contributed by atoms with E-state index in [4.69, 9.17) is 10.5 Å². The van der Waals surface area contributed by atoms with Gasteiger partial charge in [0.2, 0.25) is 0 Å². The van der Waals surface area contributed by atoms with E-state index >= 15 is 0 Å². The van der Waals surface area contributed by atoms with E-state index < -0.39 is 0 Å². The third kappa shape index (κ3) is 2.62. The van der Waals surface area contributed by atoms with Crippen LogP contribution in [0.15, 0.2) is 36.7 Å². The minimum absolute atomic E-state index is 0.00445. The fourth-order valence-corrected chi connectivity index (χ4v) is 2.89. The molecule has 1 aromatic carbocycles. The van der Waals surface area contributed by atoms with Gasteiger partial charge in [-0.25, -0.2) is 4.39 Å². The first-order valence-electron chi connectivity index (χ1n) is 6.92. The van der Waals surface area contributed by atoms with Crippen LogP contribution in [0.5, 0.6) is 5.75 Å². The zero-order valence-electron chi connectivity index (χ0n) is 11.9. The number of hydrogen-bond donors (Lipinski definition) is 1. The maximum Gasteiger partial charge on any atom is 0.131 e. The third-order valence-electron chi connectivity index (χ3n) is 3.93. The highest BCUT2D eigenvalue weighted by Crippen LogP contribution is 2.37. The summed E-state index contributed by atoms with van der Waals surface area (Å²) in [5.41, 5.74) is 8.65. The van der Waals surface area contributed by atoms with Gasteiger partial charge in [0.25, 0.3) is 0 Å². The number of nitrogens with zero attached hydrogens (tertiary/aromatic N) is 2. The lowest BCUT2D eigenvalue weighted by atomic mass is 10.0. The minimum Gasteiger partial charge on any atom is -0.497 e. The zero-order valence-corrected chi connectivity index (χ0v) is 11.9. The number of rotatable bonds is 4. The van der Waals surface area contributed by atoms with E-state index in [9.17, 15) is 4.39 Å². The average Bonchev–Trinajstić information content (AvgIpc) is 2.86. The Morgan fingerprint density at radius 1 is 1.48 bits per heavy atom. The van der Waals surface area contributed by atoms with Crippen LogP contribution in [0.4, 0.5) is 4.39 Å². The Morgan fingerprint density at radius 3 is 3.00 bits per heavy atom. The van der Waals surface area contributed by atoms with Crippen molar-refractivity contribution in [2.24, 2.45) is 5.73 Å². The number of benzene rings is 1. The van der Waals surface area contributed by atoms with E-state index in [2.05, 4.69) is 9.88 Å². The Hall–Kier alpha value is -1.98. The van der Waals surface area contributed by atoms with Crippen molar-refractivity contribution >= 4 is 0 Å². The average molecular weight is 287 g/mol. The maximum absolute atomic E-state index is 14.2. The second-order valence-corrected chi connectivity index (χ2v) is 5.19. The Morgan fingerprint density at radius 2 is 2.33 bits per heavy atom. The first-order chi connectivity index (χ1) is 10.2. The van der Waals surface area contributed by atoms with E-state index in [0.29, 0.717) is 25.4 Å². The summed E-state index contributed by atoms with van der Waals surface area (Å²) in [5, 5.41) is 0. The van der Waals surface area contributed by atoms with Gasteiger partial charge in [-0.05, 0) is 23.3 Å². The van der Waals surface area contributed by atoms with E-state index in [0.717, 1.165) is 16.7 Å². The summed E-state index contributed by atoms with van der Waals surface area (Å²) in [5.74, 6) is 0.310. The molecule has 0 fully saturated rings. The second-order valence-electron chi connectivity index (χ2n) is 5.19. The van der Waals surface area contributed by atoms with Crippen molar-refractivity contribution < 1.29 is 9.13 Å². The highest BCUT2D eigenvalue weighted by Gasteiger charge is 2.32. The van der Waals surface area contributed by atoms with Crippen LogP contribution in [0, 0.1) is 5.82 Å². The van der Waals surface area contributed by atoms with Crippen molar-refractivity contribution in [3.8, 4) is 5.75 Å². The number of aromatic nitrogens is 1. The molecule has 0 amide bonds. The second kappa shape index (κ2) is 5.79. The summed E-state index contributed by atoms with van der Waals surface area (Å²) >= 11 is 0. The SMILES string of the molecule is COc1cc(F)c2c(c1)C(CN)N(Cc1cccnc1)C2. The lowest BCUT2D eigenvalue weighted by Crippen LogP contribution is -2.27. The predicted octanol–water partition coefficient (Wildman–Crippen LogP) is 2.24. The molecule has 3 rings (SSSR count). The number of nitrogens with two attached hydrogens (primary N) is 1. The first kappa shape index (κ1) is 14.0. The monoisotopic (exact) mass is 287 g/mol. The summed E-state index contributed by atoms with van der Waals surface area (Å²) in [4.78, 5) is 6.29. The molecule has 0 bridgehead atoms. The molecule has 0 saturated carbocycles.